The van der Waals surface area contributed by atoms with Crippen LogP contribution in [0.3, 0.4) is 0 Å². The Morgan fingerprint density at radius 3 is 2.36 bits per heavy atom. The molecule has 0 spiro atoms. The van der Waals surface area contributed by atoms with Gasteiger partial charge in [-0.25, -0.2) is 23.1 Å². The zero-order chi connectivity index (χ0) is 33.6. The standard InChI is InChI=1S/C20H27N4O17P3/c1-11(25)18(10-38-43(32,33)41-44(34,35)40-42(29,30)31)39-13(3)23-8-14(19(21)22-20(23)26)9-37-12(2)16-7-15(36-4)5-6-17(16)24(27)28/h5-8,12,25H,3,9-10H2,1-2,4H3,(H,32,33)(H,34,35)(H2,21,22,26)(H2,29,30,31)/t12-/m0/s1. The lowest BCUT2D eigenvalue weighted by molar-refractivity contribution is -0.386. The highest BCUT2D eigenvalue weighted by Gasteiger charge is 2.41. The van der Waals surface area contributed by atoms with Crippen molar-refractivity contribution in [1.29, 1.82) is 0 Å². The number of aliphatic hydroxyl groups is 1. The quantitative estimate of drug-likeness (QED) is 0.0638. The number of phosphoric acid groups is 3. The van der Waals surface area contributed by atoms with Gasteiger partial charge in [-0.05, 0) is 32.6 Å². The molecular weight excluding hydrogens is 661 g/mol. The lowest BCUT2D eigenvalue weighted by atomic mass is 10.1. The van der Waals surface area contributed by atoms with Crippen molar-refractivity contribution in [3.05, 3.63) is 74.2 Å². The minimum absolute atomic E-state index is 0.0752. The number of aromatic nitrogens is 2. The molecule has 2 unspecified atom stereocenters. The van der Waals surface area contributed by atoms with Crippen LogP contribution >= 0.6 is 23.5 Å². The van der Waals surface area contributed by atoms with E-state index in [0.717, 1.165) is 13.1 Å². The van der Waals surface area contributed by atoms with Gasteiger partial charge < -0.3 is 44.6 Å². The van der Waals surface area contributed by atoms with Gasteiger partial charge >= 0.3 is 29.2 Å². The monoisotopic (exact) mass is 688 g/mol. The first-order valence-corrected chi connectivity index (χ1v) is 16.0. The van der Waals surface area contributed by atoms with E-state index in [2.05, 4.69) is 24.7 Å². The number of nitro groups is 1. The van der Waals surface area contributed by atoms with Gasteiger partial charge in [0.1, 0.15) is 23.9 Å². The Bertz CT molecular complexity index is 1650. The minimum Gasteiger partial charge on any atom is -0.509 e. The number of hydrogen-bond donors (Lipinski definition) is 6. The number of allylic oxidation sites excluding steroid dienone is 1. The number of nitro benzene ring substituents is 1. The number of phosphoric ester groups is 1. The summed E-state index contributed by atoms with van der Waals surface area (Å²) in [5.41, 5.74) is 4.78. The number of hydrogen-bond acceptors (Lipinski definition) is 15. The second-order valence-electron chi connectivity index (χ2n) is 8.31. The van der Waals surface area contributed by atoms with Crippen LogP contribution < -0.4 is 16.2 Å². The molecule has 2 aromatic rings. The van der Waals surface area contributed by atoms with E-state index in [-0.39, 0.29) is 29.2 Å². The number of anilines is 1. The first-order valence-electron chi connectivity index (χ1n) is 11.5. The van der Waals surface area contributed by atoms with Crippen LogP contribution in [0.25, 0.3) is 5.88 Å². The number of aliphatic hydroxyl groups excluding tert-OH is 1. The molecule has 2 rings (SSSR count). The molecule has 21 nitrogen and oxygen atoms in total. The number of nitrogens with two attached hydrogens (primary N) is 1. The van der Waals surface area contributed by atoms with Crippen LogP contribution in [0.1, 0.15) is 31.1 Å². The van der Waals surface area contributed by atoms with E-state index in [0.29, 0.717) is 10.3 Å². The van der Waals surface area contributed by atoms with Gasteiger partial charge in [0.05, 0.1) is 30.3 Å². The molecule has 7 N–H and O–H groups in total. The maximum Gasteiger partial charge on any atom is 0.490 e. The van der Waals surface area contributed by atoms with Gasteiger partial charge in [-0.1, -0.05) is 0 Å². The summed E-state index contributed by atoms with van der Waals surface area (Å²) in [6, 6.07) is 4.05. The number of nitrogens with zero attached hydrogens (tertiary/aromatic N) is 3. The molecule has 0 bridgehead atoms. The van der Waals surface area contributed by atoms with Crippen molar-refractivity contribution >= 4 is 40.9 Å². The first-order chi connectivity index (χ1) is 20.1. The fourth-order valence-electron chi connectivity index (χ4n) is 3.09. The van der Waals surface area contributed by atoms with Crippen LogP contribution in [-0.4, -0.2) is 52.9 Å². The van der Waals surface area contributed by atoms with Gasteiger partial charge in [0.15, 0.2) is 5.76 Å². The Morgan fingerprint density at radius 2 is 1.82 bits per heavy atom. The van der Waals surface area contributed by atoms with Crippen LogP contribution in [0.2, 0.25) is 0 Å². The summed E-state index contributed by atoms with van der Waals surface area (Å²) < 4.78 is 62.5. The van der Waals surface area contributed by atoms with Gasteiger partial charge in [0.25, 0.3) is 5.69 Å². The van der Waals surface area contributed by atoms with E-state index in [1.165, 1.54) is 32.2 Å². The van der Waals surface area contributed by atoms with Crippen molar-refractivity contribution in [2.75, 3.05) is 19.5 Å². The smallest absolute Gasteiger partial charge is 0.490 e. The largest absolute Gasteiger partial charge is 0.509 e. The second kappa shape index (κ2) is 14.6. The fourth-order valence-corrected chi connectivity index (χ4v) is 6.07. The van der Waals surface area contributed by atoms with Crippen molar-refractivity contribution in [3.8, 4) is 5.75 Å². The second-order valence-corrected chi connectivity index (χ2v) is 12.7. The van der Waals surface area contributed by atoms with Crippen LogP contribution in [0.5, 0.6) is 5.75 Å². The van der Waals surface area contributed by atoms with Gasteiger partial charge in [-0.15, -0.1) is 0 Å². The van der Waals surface area contributed by atoms with Gasteiger partial charge in [0.2, 0.25) is 5.88 Å². The molecule has 1 aromatic carbocycles. The van der Waals surface area contributed by atoms with E-state index in [9.17, 15) is 43.5 Å². The third-order valence-electron chi connectivity index (χ3n) is 5.08. The molecule has 1 aromatic heterocycles. The van der Waals surface area contributed by atoms with Gasteiger partial charge in [-0.2, -0.15) is 13.6 Å². The third kappa shape index (κ3) is 10.9. The van der Waals surface area contributed by atoms with Gasteiger partial charge in [0, 0.05) is 17.8 Å². The Kier molecular flexibility index (Phi) is 12.2. The summed E-state index contributed by atoms with van der Waals surface area (Å²) in [5.74, 6) is -1.94. The van der Waals surface area contributed by atoms with E-state index in [1.807, 2.05) is 0 Å². The number of benzene rings is 1. The summed E-state index contributed by atoms with van der Waals surface area (Å²) in [7, 11) is -15.7. The molecule has 0 radical (unpaired) electrons. The first kappa shape index (κ1) is 36.7. The number of rotatable bonds is 16. The number of nitrogen functional groups attached to an aromatic ring is 1. The van der Waals surface area contributed by atoms with Crippen LogP contribution in [-0.2, 0) is 42.9 Å². The van der Waals surface area contributed by atoms with Crippen molar-refractivity contribution < 1.29 is 70.7 Å². The van der Waals surface area contributed by atoms with Crippen molar-refractivity contribution in [2.45, 2.75) is 26.6 Å². The van der Waals surface area contributed by atoms with Crippen LogP contribution in [0.15, 0.2) is 47.3 Å². The van der Waals surface area contributed by atoms with Crippen molar-refractivity contribution in [1.82, 2.24) is 9.55 Å². The Hall–Kier alpha value is -3.45. The molecule has 0 fully saturated rings. The average Bonchev–Trinajstić information content (AvgIpc) is 2.87. The molecule has 0 aliphatic carbocycles. The van der Waals surface area contributed by atoms with E-state index >= 15 is 0 Å². The highest BCUT2D eigenvalue weighted by Crippen LogP contribution is 2.66. The van der Waals surface area contributed by atoms with E-state index in [4.69, 9.17) is 29.7 Å². The Morgan fingerprint density at radius 1 is 1.18 bits per heavy atom. The molecule has 0 amide bonds. The average molecular weight is 688 g/mol. The lowest BCUT2D eigenvalue weighted by Crippen LogP contribution is -2.25. The maximum atomic E-state index is 12.5. The molecule has 0 aliphatic heterocycles. The zero-order valence-corrected chi connectivity index (χ0v) is 25.6. The Labute approximate surface area is 247 Å². The molecule has 44 heavy (non-hydrogen) atoms. The zero-order valence-electron chi connectivity index (χ0n) is 22.9. The van der Waals surface area contributed by atoms with Crippen LogP contribution in [0, 0.1) is 10.1 Å². The topological polar surface area (TPSA) is 312 Å². The third-order valence-corrected chi connectivity index (χ3v) is 8.86. The molecule has 0 saturated carbocycles. The molecular formula is C20H27N4O17P3. The molecule has 244 valence electrons. The van der Waals surface area contributed by atoms with Crippen molar-refractivity contribution in [3.63, 3.8) is 0 Å². The minimum atomic E-state index is -5.81. The Balaban J connectivity index is 2.21. The normalized spacial score (nSPS) is 15.8. The molecule has 0 saturated heterocycles. The fraction of sp³-hybridized carbons (Fsp3) is 0.300. The highest BCUT2D eigenvalue weighted by molar-refractivity contribution is 7.66. The van der Waals surface area contributed by atoms with E-state index in [1.54, 1.807) is 0 Å². The molecule has 1 heterocycles. The predicted molar refractivity (Wildman–Crippen MR) is 147 cm³/mol. The summed E-state index contributed by atoms with van der Waals surface area (Å²) in [4.78, 5) is 63.0. The molecule has 0 aliphatic rings. The predicted octanol–water partition coefficient (Wildman–Crippen LogP) is 2.60. The number of methoxy groups -OCH3 is 1. The molecule has 24 heteroatoms. The van der Waals surface area contributed by atoms with Crippen molar-refractivity contribution in [2.24, 2.45) is 0 Å². The van der Waals surface area contributed by atoms with Crippen LogP contribution in [0.4, 0.5) is 11.5 Å². The summed E-state index contributed by atoms with van der Waals surface area (Å²) in [6.45, 7) is 4.49. The highest BCUT2D eigenvalue weighted by atomic mass is 31.3. The summed E-state index contributed by atoms with van der Waals surface area (Å²) in [5, 5.41) is 21.4. The SMILES string of the molecule is C=C(OC(COP(=O)(O)OP(=O)(O)OP(=O)(O)O)=C(C)O)n1cc(CO[C@@H](C)c2cc(OC)ccc2[N+](=O)[O-])c(N)nc1=O. The summed E-state index contributed by atoms with van der Waals surface area (Å²) in [6.07, 6.45) is 0.193. The lowest BCUT2D eigenvalue weighted by Gasteiger charge is -2.19. The van der Waals surface area contributed by atoms with E-state index < -0.39 is 64.2 Å². The molecule has 3 atom stereocenters. The summed E-state index contributed by atoms with van der Waals surface area (Å²) >= 11 is 0. The number of ether oxygens (including phenoxy) is 3. The maximum absolute atomic E-state index is 12.5. The van der Waals surface area contributed by atoms with Gasteiger partial charge in [-0.3, -0.25) is 14.6 Å².